The molecule has 0 aromatic heterocycles. The summed E-state index contributed by atoms with van der Waals surface area (Å²) in [6, 6.07) is 0. The minimum absolute atomic E-state index is 0.775. The zero-order valence-electron chi connectivity index (χ0n) is 28.6. The predicted molar refractivity (Wildman–Crippen MR) is 161 cm³/mol. The fourth-order valence-corrected chi connectivity index (χ4v) is 6.79. The molecule has 5 saturated heterocycles. The lowest BCUT2D eigenvalue weighted by atomic mass is 9.95. The zero-order valence-corrected chi connectivity index (χ0v) is 28.6. The Kier molecular flexibility index (Phi) is 13.9. The zero-order chi connectivity index (χ0) is 38.5. The molecule has 0 aromatic carbocycles. The summed E-state index contributed by atoms with van der Waals surface area (Å²) in [4.78, 5) is 0. The Hall–Kier alpha value is -0.880. The van der Waals surface area contributed by atoms with Crippen molar-refractivity contribution in [2.75, 3.05) is 6.61 Å². The Bertz CT molecular complexity index is 1140. The van der Waals surface area contributed by atoms with Crippen LogP contribution in [0.25, 0.3) is 0 Å². The van der Waals surface area contributed by atoms with Crippen molar-refractivity contribution in [2.24, 2.45) is 0 Å². The van der Waals surface area contributed by atoms with Crippen LogP contribution >= 0.6 is 0 Å². The van der Waals surface area contributed by atoms with E-state index in [4.69, 9.17) is 42.6 Å². The Balaban J connectivity index is 1.28. The smallest absolute Gasteiger partial charge is 0.187 e. The number of aliphatic hydroxyl groups is 13. The SMILES string of the molecule is C[C@@H]1O[C@@H](O[C@@H]2[C@@H](O)[C@H](C)O[C@@H](O[C@@H]3[C@@H](O)[C@H](C)O[C@@H](O[C@@H]4[C@@H](O)[C@H](C)O[C@@H](O[C@H]5[C@H](O)[C@@H](O)C(O)O[C@@H]5CO)[C@@H]4O)[C@@H]3O)[C@@H]2O)[C@H](O)[C@H](O)[C@H]1O. The van der Waals surface area contributed by atoms with Crippen LogP contribution < -0.4 is 0 Å². The summed E-state index contributed by atoms with van der Waals surface area (Å²) in [5.41, 5.74) is 0. The summed E-state index contributed by atoms with van der Waals surface area (Å²) < 4.78 is 50.3. The van der Waals surface area contributed by atoms with Gasteiger partial charge in [-0.25, -0.2) is 0 Å². The lowest BCUT2D eigenvalue weighted by Gasteiger charge is -2.49. The summed E-state index contributed by atoms with van der Waals surface area (Å²) in [6.45, 7) is 4.79. The van der Waals surface area contributed by atoms with Gasteiger partial charge in [0.25, 0.3) is 0 Å². The van der Waals surface area contributed by atoms with E-state index in [2.05, 4.69) is 0 Å². The van der Waals surface area contributed by atoms with Crippen LogP contribution in [0, 0.1) is 0 Å². The molecule has 22 nitrogen and oxygen atoms in total. The number of rotatable bonds is 9. The van der Waals surface area contributed by atoms with Gasteiger partial charge in [0.05, 0.1) is 31.0 Å². The third-order valence-corrected chi connectivity index (χ3v) is 10.2. The van der Waals surface area contributed by atoms with Gasteiger partial charge < -0.3 is 109 Å². The van der Waals surface area contributed by atoms with Gasteiger partial charge in [-0.2, -0.15) is 0 Å². The van der Waals surface area contributed by atoms with E-state index >= 15 is 0 Å². The number of hydrogen-bond acceptors (Lipinski definition) is 22. The molecule has 0 saturated carbocycles. The minimum atomic E-state index is -1.91. The molecule has 1 unspecified atom stereocenters. The van der Waals surface area contributed by atoms with Gasteiger partial charge in [0, 0.05) is 0 Å². The van der Waals surface area contributed by atoms with Gasteiger partial charge in [-0.15, -0.1) is 0 Å². The summed E-state index contributed by atoms with van der Waals surface area (Å²) in [5.74, 6) is 0. The molecule has 0 spiro atoms. The van der Waals surface area contributed by atoms with Gasteiger partial charge in [0.1, 0.15) is 97.7 Å². The number of ether oxygens (including phenoxy) is 9. The molecule has 5 aliphatic rings. The third kappa shape index (κ3) is 8.29. The van der Waals surface area contributed by atoms with E-state index in [1.54, 1.807) is 0 Å². The van der Waals surface area contributed by atoms with E-state index in [9.17, 15) is 66.4 Å². The van der Waals surface area contributed by atoms with Crippen molar-refractivity contribution >= 4 is 0 Å². The normalized spacial score (nSPS) is 56.4. The monoisotopic (exact) mass is 764 g/mol. The second kappa shape index (κ2) is 17.1. The van der Waals surface area contributed by atoms with Gasteiger partial charge in [-0.3, -0.25) is 0 Å². The molecule has 5 rings (SSSR count). The largest absolute Gasteiger partial charge is 0.394 e. The number of hydrogen-bond donors (Lipinski definition) is 13. The summed E-state index contributed by atoms with van der Waals surface area (Å²) in [7, 11) is 0. The Morgan fingerprint density at radius 3 is 1.04 bits per heavy atom. The maximum Gasteiger partial charge on any atom is 0.187 e. The fourth-order valence-electron chi connectivity index (χ4n) is 6.79. The Labute approximate surface area is 297 Å². The molecule has 5 heterocycles. The summed E-state index contributed by atoms with van der Waals surface area (Å²) in [6.07, 6.45) is -39.8. The van der Waals surface area contributed by atoms with Crippen LogP contribution in [0.3, 0.4) is 0 Å². The van der Waals surface area contributed by atoms with Crippen molar-refractivity contribution in [1.29, 1.82) is 0 Å². The quantitative estimate of drug-likeness (QED) is 0.104. The third-order valence-electron chi connectivity index (χ3n) is 10.2. The van der Waals surface area contributed by atoms with Crippen molar-refractivity contribution < 1.29 is 109 Å². The second-order valence-electron chi connectivity index (χ2n) is 13.9. The van der Waals surface area contributed by atoms with Crippen LogP contribution in [0.15, 0.2) is 0 Å². The molecule has 0 aliphatic carbocycles. The first-order chi connectivity index (χ1) is 24.4. The fraction of sp³-hybridized carbons (Fsp3) is 1.00. The highest BCUT2D eigenvalue weighted by Crippen LogP contribution is 2.35. The van der Waals surface area contributed by atoms with Crippen LogP contribution in [0.4, 0.5) is 0 Å². The first-order valence-corrected chi connectivity index (χ1v) is 17.0. The summed E-state index contributed by atoms with van der Waals surface area (Å²) >= 11 is 0. The first-order valence-electron chi connectivity index (χ1n) is 17.0. The molecule has 52 heavy (non-hydrogen) atoms. The van der Waals surface area contributed by atoms with Crippen LogP contribution in [-0.2, 0) is 42.6 Å². The van der Waals surface area contributed by atoms with Gasteiger partial charge in [0.15, 0.2) is 31.5 Å². The highest BCUT2D eigenvalue weighted by Gasteiger charge is 2.55. The van der Waals surface area contributed by atoms with Crippen LogP contribution in [0.1, 0.15) is 27.7 Å². The highest BCUT2D eigenvalue weighted by molar-refractivity contribution is 4.97. The molecule has 13 N–H and O–H groups in total. The Morgan fingerprint density at radius 2 is 0.673 bits per heavy atom. The van der Waals surface area contributed by atoms with E-state index < -0.39 is 160 Å². The molecule has 304 valence electrons. The van der Waals surface area contributed by atoms with Gasteiger partial charge in [-0.1, -0.05) is 0 Å². The van der Waals surface area contributed by atoms with E-state index in [0.717, 1.165) is 0 Å². The van der Waals surface area contributed by atoms with Crippen molar-refractivity contribution in [3.63, 3.8) is 0 Å². The van der Waals surface area contributed by atoms with E-state index in [1.165, 1.54) is 27.7 Å². The van der Waals surface area contributed by atoms with Gasteiger partial charge >= 0.3 is 0 Å². The molecule has 25 atom stereocenters. The molecule has 0 aromatic rings. The van der Waals surface area contributed by atoms with E-state index in [1.807, 2.05) is 0 Å². The van der Waals surface area contributed by atoms with Crippen molar-refractivity contribution in [3.05, 3.63) is 0 Å². The molecule has 0 amide bonds. The van der Waals surface area contributed by atoms with Crippen molar-refractivity contribution in [2.45, 2.75) is 181 Å². The maximum absolute atomic E-state index is 11.3. The Morgan fingerprint density at radius 1 is 0.346 bits per heavy atom. The topological polar surface area (TPSA) is 346 Å². The number of aliphatic hydroxyl groups excluding tert-OH is 13. The molecule has 5 aliphatic heterocycles. The molecular formula is C30H52O22. The average Bonchev–Trinajstić information content (AvgIpc) is 3.11. The average molecular weight is 765 g/mol. The standard InChI is InChI=1S/C30H52O22/c1-6-11(32)15(36)18(39)27(44-6)50-23-12(33)8(3)46-29(20(23)41)52-25-14(35)9(4)47-30(21(25)42)51-24-13(34)7(2)45-28(19(24)40)49-22-10(5-31)48-26(43)17(38)16(22)37/h6-43H,5H2,1-4H3/t6-,7-,8-,9-,10+,11-,12-,13-,14-,15+,16+,17+,18+,19+,20+,21+,22+,23+,24+,25+,26?,27-,28-,29-,30-/m0/s1. The second-order valence-corrected chi connectivity index (χ2v) is 13.9. The van der Waals surface area contributed by atoms with E-state index in [-0.39, 0.29) is 0 Å². The van der Waals surface area contributed by atoms with Crippen LogP contribution in [0.2, 0.25) is 0 Å². The molecule has 22 heteroatoms. The first kappa shape index (κ1) is 42.3. The van der Waals surface area contributed by atoms with Crippen molar-refractivity contribution in [3.8, 4) is 0 Å². The van der Waals surface area contributed by atoms with Gasteiger partial charge in [0.2, 0.25) is 0 Å². The minimum Gasteiger partial charge on any atom is -0.394 e. The van der Waals surface area contributed by atoms with Crippen molar-refractivity contribution in [1.82, 2.24) is 0 Å². The molecular weight excluding hydrogens is 712 g/mol. The highest BCUT2D eigenvalue weighted by atomic mass is 16.8. The molecule has 5 fully saturated rings. The molecule has 0 bridgehead atoms. The maximum atomic E-state index is 11.3. The van der Waals surface area contributed by atoms with Crippen LogP contribution in [-0.4, -0.2) is 227 Å². The van der Waals surface area contributed by atoms with Gasteiger partial charge in [-0.05, 0) is 27.7 Å². The lowest BCUT2D eigenvalue weighted by Crippen LogP contribution is -2.67. The van der Waals surface area contributed by atoms with E-state index in [0.29, 0.717) is 0 Å². The van der Waals surface area contributed by atoms with Crippen LogP contribution in [0.5, 0.6) is 0 Å². The molecule has 0 radical (unpaired) electrons. The predicted octanol–water partition coefficient (Wildman–Crippen LogP) is -7.81. The lowest BCUT2D eigenvalue weighted by molar-refractivity contribution is -0.390. The summed E-state index contributed by atoms with van der Waals surface area (Å²) in [5, 5.41) is 137.